The van der Waals surface area contributed by atoms with E-state index < -0.39 is 18.2 Å². The van der Waals surface area contributed by atoms with Crippen molar-refractivity contribution in [1.29, 1.82) is 0 Å². The Hall–Kier alpha value is -3.74. The lowest BCUT2D eigenvalue weighted by Gasteiger charge is -2.24. The molecule has 0 aliphatic heterocycles. The van der Waals surface area contributed by atoms with Gasteiger partial charge in [-0.15, -0.1) is 0 Å². The maximum atomic E-state index is 13.2. The second kappa shape index (κ2) is 47.3. The highest BCUT2D eigenvalue weighted by Gasteiger charge is 2.24. The predicted molar refractivity (Wildman–Crippen MR) is 263 cm³/mol. The minimum absolute atomic E-state index is 0.0180. The number of hydrogen-bond acceptors (Lipinski definition) is 5. The van der Waals surface area contributed by atoms with Gasteiger partial charge in [0.05, 0.1) is 25.2 Å². The molecule has 0 aliphatic carbocycles. The highest BCUT2D eigenvalue weighted by atomic mass is 16.5. The molecule has 0 spiro atoms. The van der Waals surface area contributed by atoms with Gasteiger partial charge in [-0.05, 0) is 83.5 Å². The molecular formula is C55H89NO5. The van der Waals surface area contributed by atoms with Crippen LogP contribution in [0.15, 0.2) is 122 Å². The van der Waals surface area contributed by atoms with Crippen LogP contribution in [0.1, 0.15) is 188 Å². The van der Waals surface area contributed by atoms with Gasteiger partial charge in [-0.2, -0.15) is 0 Å². The quantitative estimate of drug-likeness (QED) is 0.0247. The second-order valence-electron chi connectivity index (χ2n) is 15.9. The van der Waals surface area contributed by atoms with Gasteiger partial charge in [0.2, 0.25) is 5.91 Å². The zero-order valence-electron chi connectivity index (χ0n) is 39.0. The van der Waals surface area contributed by atoms with Crippen LogP contribution in [-0.4, -0.2) is 46.9 Å². The van der Waals surface area contributed by atoms with Crippen molar-refractivity contribution >= 4 is 11.9 Å². The Labute approximate surface area is 374 Å². The lowest BCUT2D eigenvalue weighted by molar-refractivity contribution is -0.151. The van der Waals surface area contributed by atoms with E-state index in [0.29, 0.717) is 25.7 Å². The zero-order chi connectivity index (χ0) is 44.5. The van der Waals surface area contributed by atoms with Crippen molar-refractivity contribution < 1.29 is 24.5 Å². The monoisotopic (exact) mass is 844 g/mol. The summed E-state index contributed by atoms with van der Waals surface area (Å²) in [4.78, 5) is 26.1. The van der Waals surface area contributed by atoms with E-state index in [1.807, 2.05) is 36.5 Å². The van der Waals surface area contributed by atoms with E-state index in [1.165, 1.54) is 38.5 Å². The van der Waals surface area contributed by atoms with E-state index in [4.69, 9.17) is 4.74 Å². The average molecular weight is 844 g/mol. The lowest BCUT2D eigenvalue weighted by atomic mass is 10.0. The summed E-state index contributed by atoms with van der Waals surface area (Å²) in [6, 6.07) is -0.734. The molecule has 0 saturated carbocycles. The van der Waals surface area contributed by atoms with Gasteiger partial charge in [0.15, 0.2) is 0 Å². The molecule has 0 heterocycles. The van der Waals surface area contributed by atoms with Crippen LogP contribution in [-0.2, 0) is 14.3 Å². The highest BCUT2D eigenvalue weighted by Crippen LogP contribution is 2.16. The maximum absolute atomic E-state index is 13.2. The number of nitrogens with one attached hydrogen (secondary N) is 1. The summed E-state index contributed by atoms with van der Waals surface area (Å²) >= 11 is 0. The van der Waals surface area contributed by atoms with Crippen LogP contribution in [0, 0.1) is 0 Å². The summed E-state index contributed by atoms with van der Waals surface area (Å²) < 4.78 is 5.87. The molecule has 61 heavy (non-hydrogen) atoms. The van der Waals surface area contributed by atoms with E-state index in [0.717, 1.165) is 96.3 Å². The van der Waals surface area contributed by atoms with Crippen LogP contribution in [0.3, 0.4) is 0 Å². The van der Waals surface area contributed by atoms with Crippen molar-refractivity contribution in [1.82, 2.24) is 5.32 Å². The molecule has 0 aliphatic rings. The summed E-state index contributed by atoms with van der Waals surface area (Å²) in [6.07, 6.45) is 65.4. The Balaban J connectivity index is 4.83. The molecule has 0 aromatic carbocycles. The van der Waals surface area contributed by atoms with Gasteiger partial charge in [0.25, 0.3) is 0 Å². The average Bonchev–Trinajstić information content (AvgIpc) is 3.25. The molecule has 0 aromatic heterocycles. The van der Waals surface area contributed by atoms with Crippen LogP contribution in [0.5, 0.6) is 0 Å². The van der Waals surface area contributed by atoms with E-state index in [9.17, 15) is 19.8 Å². The molecule has 1 amide bonds. The summed E-state index contributed by atoms with van der Waals surface area (Å²) in [6.45, 7) is 6.21. The summed E-state index contributed by atoms with van der Waals surface area (Å²) in [5.41, 5.74) is 0. The first kappa shape index (κ1) is 57.3. The molecule has 3 atom stereocenters. The van der Waals surface area contributed by atoms with Crippen molar-refractivity contribution in [2.45, 2.75) is 206 Å². The molecule has 0 aromatic rings. The lowest BCUT2D eigenvalue weighted by Crippen LogP contribution is -2.46. The van der Waals surface area contributed by atoms with Crippen LogP contribution in [0.4, 0.5) is 0 Å². The number of carbonyl (C=O) groups excluding carboxylic acids is 2. The van der Waals surface area contributed by atoms with E-state index in [-0.39, 0.29) is 24.9 Å². The van der Waals surface area contributed by atoms with Gasteiger partial charge >= 0.3 is 5.97 Å². The number of carbonyl (C=O) groups is 2. The highest BCUT2D eigenvalue weighted by molar-refractivity contribution is 5.77. The number of allylic oxidation sites excluding steroid dienone is 20. The van der Waals surface area contributed by atoms with Gasteiger partial charge < -0.3 is 20.3 Å². The Morgan fingerprint density at radius 2 is 0.984 bits per heavy atom. The molecule has 0 fully saturated rings. The van der Waals surface area contributed by atoms with Gasteiger partial charge in [0, 0.05) is 6.42 Å². The molecule has 0 radical (unpaired) electrons. The van der Waals surface area contributed by atoms with E-state index in [2.05, 4.69) is 111 Å². The predicted octanol–water partition coefficient (Wildman–Crippen LogP) is 14.5. The maximum Gasteiger partial charge on any atom is 0.306 e. The minimum atomic E-state index is -0.816. The summed E-state index contributed by atoms with van der Waals surface area (Å²) in [5, 5.41) is 23.6. The fraction of sp³-hybridized carbons (Fsp3) is 0.600. The number of aliphatic hydroxyl groups is 2. The standard InChI is InChI=1S/C55H89NO5/c1-4-7-10-13-16-19-21-23-25-27-29-31-33-36-39-42-45-48-55(60)61-51(46-43-40-37-35-32-30-28-26-24-22-20-17-14-11-8-5-2)49-54(59)56-52(50-57)53(58)47-44-41-38-34-18-15-12-9-6-3/h7,10-11,14,16-17,19-20,22-26,28-32,36,39,51-53,57-58H,4-6,8-9,12-13,15,18,21,27,33-35,37-38,40-50H2,1-3H3,(H,56,59)/b10-7-,14-11+,19-16-,20-17+,24-22+,25-23-,28-26+,31-29-,32-30+,39-36-. The fourth-order valence-electron chi connectivity index (χ4n) is 6.49. The van der Waals surface area contributed by atoms with Crippen molar-refractivity contribution in [3.8, 4) is 0 Å². The molecular weight excluding hydrogens is 755 g/mol. The summed E-state index contributed by atoms with van der Waals surface area (Å²) in [5.74, 6) is -0.601. The van der Waals surface area contributed by atoms with Gasteiger partial charge in [-0.1, -0.05) is 213 Å². The normalized spacial score (nSPS) is 14.4. The van der Waals surface area contributed by atoms with Gasteiger partial charge in [-0.25, -0.2) is 0 Å². The number of rotatable bonds is 41. The molecule has 6 heteroatoms. The van der Waals surface area contributed by atoms with Gasteiger partial charge in [-0.3, -0.25) is 9.59 Å². The Morgan fingerprint density at radius 1 is 0.508 bits per heavy atom. The third kappa shape index (κ3) is 42.7. The SMILES string of the molecule is CC/C=C\C/C=C\C/C=C\C/C=C\C/C=C\CCCC(=O)OC(CCCCC/C=C/C=C/C=C/C=C/C=C/CCC)CC(=O)NC(CO)C(O)CCCCCCCCCCC. The molecule has 6 nitrogen and oxygen atoms in total. The molecule has 344 valence electrons. The van der Waals surface area contributed by atoms with Crippen LogP contribution in [0.2, 0.25) is 0 Å². The van der Waals surface area contributed by atoms with Crippen molar-refractivity contribution in [2.75, 3.05) is 6.61 Å². The van der Waals surface area contributed by atoms with Crippen molar-refractivity contribution in [2.24, 2.45) is 0 Å². The zero-order valence-corrected chi connectivity index (χ0v) is 39.0. The smallest absolute Gasteiger partial charge is 0.306 e. The number of unbranched alkanes of at least 4 members (excludes halogenated alkanes) is 13. The van der Waals surface area contributed by atoms with Crippen molar-refractivity contribution in [3.63, 3.8) is 0 Å². The molecule has 0 rings (SSSR count). The van der Waals surface area contributed by atoms with Gasteiger partial charge in [0.1, 0.15) is 6.10 Å². The number of hydrogen-bond donors (Lipinski definition) is 3. The fourth-order valence-corrected chi connectivity index (χ4v) is 6.49. The van der Waals surface area contributed by atoms with E-state index >= 15 is 0 Å². The minimum Gasteiger partial charge on any atom is -0.462 e. The summed E-state index contributed by atoms with van der Waals surface area (Å²) in [7, 11) is 0. The number of aliphatic hydroxyl groups excluding tert-OH is 2. The number of esters is 1. The third-order valence-electron chi connectivity index (χ3n) is 10.1. The largest absolute Gasteiger partial charge is 0.462 e. The third-order valence-corrected chi connectivity index (χ3v) is 10.1. The first-order valence-corrected chi connectivity index (χ1v) is 24.3. The van der Waals surface area contributed by atoms with Crippen molar-refractivity contribution in [3.05, 3.63) is 122 Å². The first-order chi connectivity index (χ1) is 30.0. The molecule has 3 N–H and O–H groups in total. The Kier molecular flexibility index (Phi) is 44.4. The first-order valence-electron chi connectivity index (χ1n) is 24.3. The Bertz CT molecular complexity index is 1310. The van der Waals surface area contributed by atoms with E-state index in [1.54, 1.807) is 0 Å². The molecule has 0 saturated heterocycles. The van der Waals surface area contributed by atoms with Crippen LogP contribution < -0.4 is 5.32 Å². The van der Waals surface area contributed by atoms with Crippen LogP contribution >= 0.6 is 0 Å². The number of ether oxygens (including phenoxy) is 1. The van der Waals surface area contributed by atoms with Crippen LogP contribution in [0.25, 0.3) is 0 Å². The Morgan fingerprint density at radius 3 is 1.54 bits per heavy atom. The topological polar surface area (TPSA) is 95.9 Å². The second-order valence-corrected chi connectivity index (χ2v) is 15.9. The molecule has 3 unspecified atom stereocenters. The molecule has 0 bridgehead atoms. The number of amides is 1.